The molecule has 0 saturated carbocycles. The molecule has 3 nitrogen and oxygen atoms in total. The van der Waals surface area contributed by atoms with Gasteiger partial charge in [0.15, 0.2) is 0 Å². The van der Waals surface area contributed by atoms with Crippen molar-refractivity contribution in [3.05, 3.63) is 50.4 Å². The molecular formula is C15H15Br2NO2. The summed E-state index contributed by atoms with van der Waals surface area (Å²) in [6.45, 7) is 3.99. The molecule has 2 aromatic carbocycles. The van der Waals surface area contributed by atoms with Crippen LogP contribution in [0.25, 0.3) is 0 Å². The van der Waals surface area contributed by atoms with Crippen LogP contribution in [-0.4, -0.2) is 10.2 Å². The lowest BCUT2D eigenvalue weighted by Gasteiger charge is -2.19. The summed E-state index contributed by atoms with van der Waals surface area (Å²) in [5.74, 6) is 0.103. The topological polar surface area (TPSA) is 52.5 Å². The number of aromatic hydroxyl groups is 2. The fourth-order valence-electron chi connectivity index (χ4n) is 2.01. The summed E-state index contributed by atoms with van der Waals surface area (Å²) < 4.78 is 1.92. The molecule has 1 atom stereocenters. The minimum Gasteiger partial charge on any atom is -0.508 e. The Kier molecular flexibility index (Phi) is 4.60. The van der Waals surface area contributed by atoms with Crippen molar-refractivity contribution < 1.29 is 10.2 Å². The predicted molar refractivity (Wildman–Crippen MR) is 88.4 cm³/mol. The number of nitrogens with one attached hydrogen (secondary N) is 1. The van der Waals surface area contributed by atoms with E-state index in [9.17, 15) is 10.2 Å². The van der Waals surface area contributed by atoms with Crippen LogP contribution in [0.3, 0.4) is 0 Å². The molecule has 0 aliphatic heterocycles. The molecule has 20 heavy (non-hydrogen) atoms. The van der Waals surface area contributed by atoms with Gasteiger partial charge >= 0.3 is 0 Å². The van der Waals surface area contributed by atoms with Gasteiger partial charge in [-0.2, -0.15) is 0 Å². The van der Waals surface area contributed by atoms with E-state index in [1.54, 1.807) is 12.1 Å². The monoisotopic (exact) mass is 399 g/mol. The number of phenols is 2. The lowest BCUT2D eigenvalue weighted by atomic mass is 10.1. The molecule has 0 aliphatic rings. The zero-order valence-electron chi connectivity index (χ0n) is 11.1. The standard InChI is InChI=1S/C15H15Br2NO2/c1-8-3-13(16)15(14(17)4-8)18-9(2)10-5-11(19)7-12(20)6-10/h3-7,9,18-20H,1-2H3. The van der Waals surface area contributed by atoms with Crippen molar-refractivity contribution >= 4 is 37.5 Å². The number of phenolic OH excluding ortho intramolecular Hbond substituents is 2. The molecule has 0 aliphatic carbocycles. The summed E-state index contributed by atoms with van der Waals surface area (Å²) in [4.78, 5) is 0. The van der Waals surface area contributed by atoms with Gasteiger partial charge in [-0.25, -0.2) is 0 Å². The number of benzene rings is 2. The van der Waals surface area contributed by atoms with Gasteiger partial charge < -0.3 is 15.5 Å². The highest BCUT2D eigenvalue weighted by molar-refractivity contribution is 9.11. The van der Waals surface area contributed by atoms with Gasteiger partial charge in [-0.15, -0.1) is 0 Å². The third-order valence-corrected chi connectivity index (χ3v) is 4.22. The van der Waals surface area contributed by atoms with Crippen molar-refractivity contribution in [1.82, 2.24) is 0 Å². The third-order valence-electron chi connectivity index (χ3n) is 2.97. The van der Waals surface area contributed by atoms with Crippen molar-refractivity contribution in [1.29, 1.82) is 0 Å². The van der Waals surface area contributed by atoms with Crippen LogP contribution in [0.15, 0.2) is 39.3 Å². The molecule has 0 spiro atoms. The van der Waals surface area contributed by atoms with Crippen LogP contribution in [0.1, 0.15) is 24.1 Å². The van der Waals surface area contributed by atoms with Crippen LogP contribution < -0.4 is 5.32 Å². The first-order valence-electron chi connectivity index (χ1n) is 6.12. The molecule has 3 N–H and O–H groups in total. The van der Waals surface area contributed by atoms with E-state index in [1.807, 2.05) is 26.0 Å². The summed E-state index contributed by atoms with van der Waals surface area (Å²) in [6, 6.07) is 8.57. The number of halogens is 2. The maximum absolute atomic E-state index is 9.55. The summed E-state index contributed by atoms with van der Waals surface area (Å²) >= 11 is 7.07. The second-order valence-electron chi connectivity index (χ2n) is 4.75. The van der Waals surface area contributed by atoms with Gasteiger partial charge in [0.25, 0.3) is 0 Å². The summed E-state index contributed by atoms with van der Waals surface area (Å²) in [6.07, 6.45) is 0. The van der Waals surface area contributed by atoms with Gasteiger partial charge in [0.05, 0.1) is 5.69 Å². The zero-order chi connectivity index (χ0) is 14.9. The summed E-state index contributed by atoms with van der Waals surface area (Å²) in [5, 5.41) is 22.5. The lowest BCUT2D eigenvalue weighted by molar-refractivity contribution is 0.448. The molecule has 0 fully saturated rings. The first-order valence-corrected chi connectivity index (χ1v) is 7.70. The molecule has 2 rings (SSSR count). The van der Waals surface area contributed by atoms with E-state index >= 15 is 0 Å². The Bertz CT molecular complexity index is 601. The minimum absolute atomic E-state index is 0.0516. The number of hydrogen-bond donors (Lipinski definition) is 3. The molecule has 106 valence electrons. The van der Waals surface area contributed by atoms with Crippen LogP contribution in [-0.2, 0) is 0 Å². The van der Waals surface area contributed by atoms with Crippen molar-refractivity contribution in [3.63, 3.8) is 0 Å². The Morgan fingerprint density at radius 2 is 1.45 bits per heavy atom. The zero-order valence-corrected chi connectivity index (χ0v) is 14.3. The molecule has 0 amide bonds. The van der Waals surface area contributed by atoms with Crippen LogP contribution in [0.4, 0.5) is 5.69 Å². The molecule has 0 radical (unpaired) electrons. The molecule has 0 heterocycles. The summed E-state index contributed by atoms with van der Waals surface area (Å²) in [5.41, 5.74) is 2.89. The second-order valence-corrected chi connectivity index (χ2v) is 6.46. The van der Waals surface area contributed by atoms with E-state index in [1.165, 1.54) is 6.07 Å². The average molecular weight is 401 g/mol. The maximum atomic E-state index is 9.55. The number of anilines is 1. The SMILES string of the molecule is Cc1cc(Br)c(NC(C)c2cc(O)cc(O)c2)c(Br)c1. The van der Waals surface area contributed by atoms with Crippen LogP contribution in [0.5, 0.6) is 11.5 Å². The Balaban J connectivity index is 2.30. The number of hydrogen-bond acceptors (Lipinski definition) is 3. The van der Waals surface area contributed by atoms with E-state index in [0.29, 0.717) is 0 Å². The first kappa shape index (κ1) is 15.2. The predicted octanol–water partition coefficient (Wildman–Crippen LogP) is 5.10. The highest BCUT2D eigenvalue weighted by atomic mass is 79.9. The van der Waals surface area contributed by atoms with Crippen molar-refractivity contribution in [2.45, 2.75) is 19.9 Å². The van der Waals surface area contributed by atoms with E-state index in [2.05, 4.69) is 37.2 Å². The highest BCUT2D eigenvalue weighted by Crippen LogP contribution is 2.35. The molecule has 0 aromatic heterocycles. The van der Waals surface area contributed by atoms with Gasteiger partial charge in [-0.3, -0.25) is 0 Å². The fraction of sp³-hybridized carbons (Fsp3) is 0.200. The van der Waals surface area contributed by atoms with E-state index in [4.69, 9.17) is 0 Å². The molecule has 0 bridgehead atoms. The van der Waals surface area contributed by atoms with E-state index < -0.39 is 0 Å². The number of aryl methyl sites for hydroxylation is 1. The van der Waals surface area contributed by atoms with Crippen LogP contribution in [0, 0.1) is 6.92 Å². The molecule has 2 aromatic rings. The van der Waals surface area contributed by atoms with Gasteiger partial charge in [-0.1, -0.05) is 0 Å². The van der Waals surface area contributed by atoms with E-state index in [-0.39, 0.29) is 17.5 Å². The van der Waals surface area contributed by atoms with Gasteiger partial charge in [-0.05, 0) is 81.1 Å². The Morgan fingerprint density at radius 3 is 1.95 bits per heavy atom. The van der Waals surface area contributed by atoms with E-state index in [0.717, 1.165) is 25.8 Å². The van der Waals surface area contributed by atoms with Gasteiger partial charge in [0.2, 0.25) is 0 Å². The van der Waals surface area contributed by atoms with Crippen molar-refractivity contribution in [2.75, 3.05) is 5.32 Å². The van der Waals surface area contributed by atoms with Crippen LogP contribution in [0.2, 0.25) is 0 Å². The maximum Gasteiger partial charge on any atom is 0.119 e. The minimum atomic E-state index is -0.0664. The third kappa shape index (κ3) is 3.46. The largest absolute Gasteiger partial charge is 0.508 e. The van der Waals surface area contributed by atoms with Crippen molar-refractivity contribution in [3.8, 4) is 11.5 Å². The fourth-order valence-corrected chi connectivity index (χ4v) is 3.65. The molecule has 0 saturated heterocycles. The quantitative estimate of drug-likeness (QED) is 0.671. The second kappa shape index (κ2) is 6.06. The molecule has 1 unspecified atom stereocenters. The van der Waals surface area contributed by atoms with Gasteiger partial charge in [0.1, 0.15) is 11.5 Å². The first-order chi connectivity index (χ1) is 9.36. The normalized spacial score (nSPS) is 12.2. The smallest absolute Gasteiger partial charge is 0.119 e. The summed E-state index contributed by atoms with van der Waals surface area (Å²) in [7, 11) is 0. The van der Waals surface area contributed by atoms with Crippen LogP contribution >= 0.6 is 31.9 Å². The number of rotatable bonds is 3. The Hall–Kier alpha value is -1.20. The highest BCUT2D eigenvalue weighted by Gasteiger charge is 2.12. The van der Waals surface area contributed by atoms with Crippen molar-refractivity contribution in [2.24, 2.45) is 0 Å². The average Bonchev–Trinajstić information content (AvgIpc) is 2.32. The molecular weight excluding hydrogens is 386 g/mol. The molecule has 5 heteroatoms. The Labute approximate surface area is 134 Å². The van der Waals surface area contributed by atoms with Gasteiger partial charge in [0, 0.05) is 21.1 Å². The Morgan fingerprint density at radius 1 is 0.950 bits per heavy atom. The lowest BCUT2D eigenvalue weighted by Crippen LogP contribution is -2.07.